The minimum atomic E-state index is -0.0467. The standard InChI is InChI=1S/C67H56BN3S3/c1-38-18-17-28-51(59(38)46-25-8-11-29-54(46)72)69(63-39(2)19-14-20-40(63)3)45-36-52-62-53(37-45)71(65-43(6)23-16-24-44(65)7)67-50(33-35-58-61(67)48-27-10-13-31-56(48)74-58)68(62)49-32-34-57-60(47-26-9-12-30-55(47)73-57)66(49)70(52)64-41(4)21-15-22-42(64)5/h8-13,15-19,21-37,57,60,72H,14,20H2,1-7H3. The first-order valence-corrected chi connectivity index (χ1v) is 28.3. The summed E-state index contributed by atoms with van der Waals surface area (Å²) in [7, 11) is 0. The average molecular weight is 1010 g/mol. The zero-order valence-electron chi connectivity index (χ0n) is 42.9. The summed E-state index contributed by atoms with van der Waals surface area (Å²) < 4.78 is 2.62. The van der Waals surface area contributed by atoms with E-state index in [0.29, 0.717) is 0 Å². The summed E-state index contributed by atoms with van der Waals surface area (Å²) in [5.74, 6) is 0.140. The number of para-hydroxylation sites is 2. The van der Waals surface area contributed by atoms with Gasteiger partial charge in [0.25, 0.3) is 6.71 Å². The second kappa shape index (κ2) is 17.3. The van der Waals surface area contributed by atoms with Crippen LogP contribution in [0.25, 0.3) is 31.3 Å². The molecule has 4 heterocycles. The number of nitrogens with zero attached hydrogens (tertiary/aromatic N) is 3. The molecule has 360 valence electrons. The van der Waals surface area contributed by atoms with Crippen LogP contribution in [0.4, 0.5) is 39.8 Å². The number of hydrogen-bond acceptors (Lipinski definition) is 6. The third-order valence-electron chi connectivity index (χ3n) is 16.6. The number of hydrogen-bond donors (Lipinski definition) is 1. The van der Waals surface area contributed by atoms with E-state index >= 15 is 0 Å². The van der Waals surface area contributed by atoms with Gasteiger partial charge in [0, 0.05) is 69.5 Å². The molecule has 0 saturated heterocycles. The third-order valence-corrected chi connectivity index (χ3v) is 19.5. The minimum absolute atomic E-state index is 0.0467. The molecule has 14 rings (SSSR count). The van der Waals surface area contributed by atoms with Gasteiger partial charge in [-0.15, -0.1) is 35.7 Å². The first-order chi connectivity index (χ1) is 36.1. The number of aryl methyl sites for hydroxylation is 5. The number of anilines is 7. The molecule has 7 heteroatoms. The highest BCUT2D eigenvalue weighted by Crippen LogP contribution is 2.59. The number of rotatable bonds is 6. The topological polar surface area (TPSA) is 9.72 Å². The molecular weight excluding hydrogens is 954 g/mol. The van der Waals surface area contributed by atoms with Gasteiger partial charge in [-0.2, -0.15) is 0 Å². The van der Waals surface area contributed by atoms with Gasteiger partial charge in [0.1, 0.15) is 0 Å². The first kappa shape index (κ1) is 45.7. The molecule has 0 saturated carbocycles. The average Bonchev–Trinajstić information content (AvgIpc) is 4.08. The maximum atomic E-state index is 5.18. The van der Waals surface area contributed by atoms with E-state index in [1.807, 2.05) is 23.1 Å². The predicted molar refractivity (Wildman–Crippen MR) is 323 cm³/mol. The number of thiol groups is 1. The van der Waals surface area contributed by atoms with Crippen LogP contribution in [-0.2, 0) is 0 Å². The predicted octanol–water partition coefficient (Wildman–Crippen LogP) is 17.9. The summed E-state index contributed by atoms with van der Waals surface area (Å²) in [5.41, 5.74) is 28.0. The Hall–Kier alpha value is -6.90. The summed E-state index contributed by atoms with van der Waals surface area (Å²) in [6, 6.07) is 57.6. The molecule has 0 bridgehead atoms. The molecule has 2 aliphatic carbocycles. The fraction of sp³-hybridized carbons (Fsp3) is 0.164. The Morgan fingerprint density at radius 1 is 0.635 bits per heavy atom. The maximum Gasteiger partial charge on any atom is 0.251 e. The third kappa shape index (κ3) is 6.68. The van der Waals surface area contributed by atoms with E-state index in [1.54, 1.807) is 0 Å². The number of benzene rings is 8. The summed E-state index contributed by atoms with van der Waals surface area (Å²) >= 11 is 9.12. The molecule has 2 atom stereocenters. The van der Waals surface area contributed by atoms with E-state index in [2.05, 4.69) is 233 Å². The molecule has 0 radical (unpaired) electrons. The van der Waals surface area contributed by atoms with E-state index < -0.39 is 0 Å². The highest BCUT2D eigenvalue weighted by Gasteiger charge is 2.51. The van der Waals surface area contributed by atoms with Crippen LogP contribution >= 0.6 is 35.7 Å². The Labute approximate surface area is 449 Å². The van der Waals surface area contributed by atoms with Crippen LogP contribution in [0.15, 0.2) is 208 Å². The van der Waals surface area contributed by atoms with Gasteiger partial charge in [-0.1, -0.05) is 127 Å². The SMILES string of the molecule is CC1=CCCC(C)=C1N(c1cc2c3c(c1)N(c1c(C)cccc1C)c1c(ccc4sc5ccccc5c14)B3C1=C(C3c4ccccc4SC3C=C1)N2c1c(C)cccc1C)c1cccc(C)c1-c1ccccc1S. The Morgan fingerprint density at radius 2 is 1.30 bits per heavy atom. The minimum Gasteiger partial charge on any atom is -0.314 e. The lowest BCUT2D eigenvalue weighted by Crippen LogP contribution is -2.57. The Kier molecular flexibility index (Phi) is 10.7. The summed E-state index contributed by atoms with van der Waals surface area (Å²) in [6.45, 7) is 16.2. The molecule has 5 aliphatic rings. The number of fused-ring (bicyclic) bond motifs is 11. The van der Waals surface area contributed by atoms with Crippen LogP contribution in [0.2, 0.25) is 0 Å². The van der Waals surface area contributed by atoms with Crippen LogP contribution in [0, 0.1) is 34.6 Å². The van der Waals surface area contributed by atoms with Gasteiger partial charge in [-0.3, -0.25) is 0 Å². The Morgan fingerprint density at radius 3 is 2.05 bits per heavy atom. The molecule has 74 heavy (non-hydrogen) atoms. The van der Waals surface area contributed by atoms with Gasteiger partial charge < -0.3 is 14.7 Å². The van der Waals surface area contributed by atoms with Crippen LogP contribution < -0.4 is 25.6 Å². The van der Waals surface area contributed by atoms with Crippen molar-refractivity contribution in [3.05, 3.63) is 231 Å². The van der Waals surface area contributed by atoms with Crippen molar-refractivity contribution in [1.29, 1.82) is 0 Å². The van der Waals surface area contributed by atoms with E-state index in [9.17, 15) is 0 Å². The van der Waals surface area contributed by atoms with Crippen molar-refractivity contribution in [2.45, 2.75) is 82.3 Å². The van der Waals surface area contributed by atoms with Crippen LogP contribution in [-0.4, -0.2) is 12.0 Å². The lowest BCUT2D eigenvalue weighted by Gasteiger charge is -2.49. The highest BCUT2D eigenvalue weighted by atomic mass is 32.2. The zero-order chi connectivity index (χ0) is 50.3. The molecule has 3 nitrogen and oxygen atoms in total. The second-order valence-corrected chi connectivity index (χ2v) is 23.9. The lowest BCUT2D eigenvalue weighted by molar-refractivity contribution is 0.787. The molecule has 1 aromatic heterocycles. The van der Waals surface area contributed by atoms with Crippen molar-refractivity contribution in [2.24, 2.45) is 0 Å². The number of allylic oxidation sites excluding steroid dienone is 6. The highest BCUT2D eigenvalue weighted by molar-refractivity contribution is 8.00. The normalized spacial score (nSPS) is 17.4. The second-order valence-electron chi connectivity index (χ2n) is 21.1. The van der Waals surface area contributed by atoms with E-state index in [4.69, 9.17) is 12.6 Å². The monoisotopic (exact) mass is 1010 g/mol. The molecule has 9 aromatic rings. The van der Waals surface area contributed by atoms with Gasteiger partial charge in [0.2, 0.25) is 0 Å². The van der Waals surface area contributed by atoms with Gasteiger partial charge in [-0.05, 0) is 170 Å². The van der Waals surface area contributed by atoms with Gasteiger partial charge in [-0.25, -0.2) is 0 Å². The molecule has 3 aliphatic heterocycles. The quantitative estimate of drug-likeness (QED) is 0.131. The van der Waals surface area contributed by atoms with E-state index in [-0.39, 0.29) is 17.9 Å². The van der Waals surface area contributed by atoms with Crippen molar-refractivity contribution < 1.29 is 0 Å². The smallest absolute Gasteiger partial charge is 0.251 e. The first-order valence-electron chi connectivity index (χ1n) is 26.1. The van der Waals surface area contributed by atoms with Crippen LogP contribution in [0.3, 0.4) is 0 Å². The maximum absolute atomic E-state index is 5.18. The van der Waals surface area contributed by atoms with Gasteiger partial charge in [0.05, 0.1) is 28.4 Å². The van der Waals surface area contributed by atoms with Gasteiger partial charge >= 0.3 is 0 Å². The Bertz CT molecular complexity index is 4000. The van der Waals surface area contributed by atoms with E-state index in [0.717, 1.165) is 34.7 Å². The Balaban J connectivity index is 1.19. The summed E-state index contributed by atoms with van der Waals surface area (Å²) in [6.07, 6.45) is 9.56. The molecule has 0 spiro atoms. The van der Waals surface area contributed by atoms with E-state index in [1.165, 1.54) is 131 Å². The number of thioether (sulfide) groups is 1. The molecule has 2 unspecified atom stereocenters. The molecule has 0 amide bonds. The van der Waals surface area contributed by atoms with Crippen molar-refractivity contribution in [1.82, 2.24) is 0 Å². The zero-order valence-corrected chi connectivity index (χ0v) is 45.4. The van der Waals surface area contributed by atoms with Crippen molar-refractivity contribution in [2.75, 3.05) is 14.7 Å². The molecular formula is C67H56BN3S3. The van der Waals surface area contributed by atoms with Crippen LogP contribution in [0.1, 0.15) is 66.0 Å². The summed E-state index contributed by atoms with van der Waals surface area (Å²) in [4.78, 5) is 10.5. The molecule has 0 fully saturated rings. The van der Waals surface area contributed by atoms with Gasteiger partial charge in [0.15, 0.2) is 0 Å². The van der Waals surface area contributed by atoms with Crippen molar-refractivity contribution in [3.8, 4) is 11.1 Å². The lowest BCUT2D eigenvalue weighted by atomic mass is 9.32. The summed E-state index contributed by atoms with van der Waals surface area (Å²) in [5, 5.41) is 2.90. The fourth-order valence-corrected chi connectivity index (χ4v) is 16.3. The van der Waals surface area contributed by atoms with Crippen molar-refractivity contribution >= 4 is 113 Å². The fourth-order valence-electron chi connectivity index (χ4n) is 13.6. The largest absolute Gasteiger partial charge is 0.314 e. The number of thiophene rings is 1. The van der Waals surface area contributed by atoms with Crippen LogP contribution in [0.5, 0.6) is 0 Å². The molecule has 0 N–H and O–H groups in total. The van der Waals surface area contributed by atoms with Crippen molar-refractivity contribution in [3.63, 3.8) is 0 Å². The molecule has 8 aromatic carbocycles.